The fourth-order valence-electron chi connectivity index (χ4n) is 2.31. The summed E-state index contributed by atoms with van der Waals surface area (Å²) in [6.07, 6.45) is 3.10. The maximum Gasteiger partial charge on any atom is 0.239 e. The number of rotatable bonds is 5. The van der Waals surface area contributed by atoms with E-state index in [1.165, 1.54) is 12.8 Å². The van der Waals surface area contributed by atoms with Gasteiger partial charge in [0.05, 0.1) is 6.04 Å². The summed E-state index contributed by atoms with van der Waals surface area (Å²) in [4.78, 5) is 14.0. The van der Waals surface area contributed by atoms with Gasteiger partial charge in [0.1, 0.15) is 0 Å². The van der Waals surface area contributed by atoms with Crippen LogP contribution in [0.25, 0.3) is 0 Å². The number of hydrogen-bond acceptors (Lipinski definition) is 2. The minimum Gasteiger partial charge on any atom is -0.341 e. The monoisotopic (exact) mass is 246 g/mol. The SMILES string of the molecule is CC(C1CC1)N(C)C(=O)[C@H](N)Cc1ccccc1. The Hall–Kier alpha value is -1.35. The summed E-state index contributed by atoms with van der Waals surface area (Å²) in [5.41, 5.74) is 7.13. The molecule has 0 bridgehead atoms. The van der Waals surface area contributed by atoms with Crippen LogP contribution in [0.2, 0.25) is 0 Å². The predicted molar refractivity (Wildman–Crippen MR) is 73.1 cm³/mol. The maximum absolute atomic E-state index is 12.2. The highest BCUT2D eigenvalue weighted by molar-refractivity contribution is 5.82. The first-order valence-electron chi connectivity index (χ1n) is 6.65. The van der Waals surface area contributed by atoms with Crippen molar-refractivity contribution in [3.63, 3.8) is 0 Å². The van der Waals surface area contributed by atoms with Gasteiger partial charge in [-0.05, 0) is 37.7 Å². The van der Waals surface area contributed by atoms with E-state index in [4.69, 9.17) is 5.73 Å². The van der Waals surface area contributed by atoms with E-state index < -0.39 is 6.04 Å². The molecule has 1 aromatic carbocycles. The lowest BCUT2D eigenvalue weighted by molar-refractivity contribution is -0.133. The molecule has 2 rings (SSSR count). The van der Waals surface area contributed by atoms with Crippen molar-refractivity contribution in [3.05, 3.63) is 35.9 Å². The highest BCUT2D eigenvalue weighted by Crippen LogP contribution is 2.34. The van der Waals surface area contributed by atoms with Crippen molar-refractivity contribution in [3.8, 4) is 0 Å². The Morgan fingerprint density at radius 2 is 2.00 bits per heavy atom. The standard InChI is InChI=1S/C15H22N2O/c1-11(13-8-9-13)17(2)15(18)14(16)10-12-6-4-3-5-7-12/h3-7,11,13-14H,8-10,16H2,1-2H3/t11?,14-/m1/s1. The largest absolute Gasteiger partial charge is 0.341 e. The van der Waals surface area contributed by atoms with Crippen LogP contribution in [0, 0.1) is 5.92 Å². The van der Waals surface area contributed by atoms with Crippen LogP contribution in [-0.2, 0) is 11.2 Å². The summed E-state index contributed by atoms with van der Waals surface area (Å²) in [5, 5.41) is 0. The third kappa shape index (κ3) is 3.10. The molecule has 3 heteroatoms. The molecule has 1 unspecified atom stereocenters. The zero-order valence-corrected chi connectivity index (χ0v) is 11.2. The Morgan fingerprint density at radius 3 is 2.56 bits per heavy atom. The van der Waals surface area contributed by atoms with Gasteiger partial charge in [-0.2, -0.15) is 0 Å². The van der Waals surface area contributed by atoms with Gasteiger partial charge in [-0.1, -0.05) is 30.3 Å². The third-order valence-electron chi connectivity index (χ3n) is 3.88. The van der Waals surface area contributed by atoms with Crippen LogP contribution in [0.15, 0.2) is 30.3 Å². The molecular formula is C15H22N2O. The fourth-order valence-corrected chi connectivity index (χ4v) is 2.31. The van der Waals surface area contributed by atoms with Crippen molar-refractivity contribution in [1.29, 1.82) is 0 Å². The Labute approximate surface area is 109 Å². The van der Waals surface area contributed by atoms with E-state index in [0.717, 1.165) is 5.56 Å². The van der Waals surface area contributed by atoms with Crippen LogP contribution in [0.5, 0.6) is 0 Å². The van der Waals surface area contributed by atoms with E-state index in [0.29, 0.717) is 18.4 Å². The normalized spacial score (nSPS) is 18.2. The summed E-state index contributed by atoms with van der Waals surface area (Å²) in [6, 6.07) is 9.83. The number of amides is 1. The number of carbonyl (C=O) groups excluding carboxylic acids is 1. The van der Waals surface area contributed by atoms with Gasteiger partial charge in [0.2, 0.25) is 5.91 Å². The Kier molecular flexibility index (Phi) is 4.02. The summed E-state index contributed by atoms with van der Waals surface area (Å²) in [6.45, 7) is 2.12. The molecule has 1 aliphatic carbocycles. The smallest absolute Gasteiger partial charge is 0.239 e. The second kappa shape index (κ2) is 5.53. The van der Waals surface area contributed by atoms with Crippen LogP contribution in [0.1, 0.15) is 25.3 Å². The van der Waals surface area contributed by atoms with E-state index in [1.807, 2.05) is 42.3 Å². The molecule has 1 amide bonds. The number of nitrogens with zero attached hydrogens (tertiary/aromatic N) is 1. The molecule has 1 aliphatic rings. The predicted octanol–water partition coefficient (Wildman–Crippen LogP) is 1.81. The fraction of sp³-hybridized carbons (Fsp3) is 0.533. The lowest BCUT2D eigenvalue weighted by Crippen LogP contribution is -2.47. The molecule has 0 saturated heterocycles. The second-order valence-electron chi connectivity index (χ2n) is 5.32. The quantitative estimate of drug-likeness (QED) is 0.861. The van der Waals surface area contributed by atoms with Crippen molar-refractivity contribution in [2.45, 2.75) is 38.3 Å². The van der Waals surface area contributed by atoms with Gasteiger partial charge < -0.3 is 10.6 Å². The number of nitrogens with two attached hydrogens (primary N) is 1. The Morgan fingerprint density at radius 1 is 1.39 bits per heavy atom. The lowest BCUT2D eigenvalue weighted by Gasteiger charge is -2.27. The molecular weight excluding hydrogens is 224 g/mol. The highest BCUT2D eigenvalue weighted by Gasteiger charge is 2.33. The van der Waals surface area contributed by atoms with E-state index >= 15 is 0 Å². The molecule has 0 spiro atoms. The third-order valence-corrected chi connectivity index (χ3v) is 3.88. The molecule has 0 aliphatic heterocycles. The van der Waals surface area contributed by atoms with Crippen molar-refractivity contribution in [1.82, 2.24) is 4.90 Å². The topological polar surface area (TPSA) is 46.3 Å². The Balaban J connectivity index is 1.91. The molecule has 3 nitrogen and oxygen atoms in total. The minimum absolute atomic E-state index is 0.0539. The summed E-state index contributed by atoms with van der Waals surface area (Å²) < 4.78 is 0. The molecule has 2 atom stereocenters. The minimum atomic E-state index is -0.432. The average Bonchev–Trinajstić information content (AvgIpc) is 3.21. The lowest BCUT2D eigenvalue weighted by atomic mass is 10.0. The molecule has 0 radical (unpaired) electrons. The molecule has 1 saturated carbocycles. The van der Waals surface area contributed by atoms with E-state index in [-0.39, 0.29) is 5.91 Å². The molecule has 18 heavy (non-hydrogen) atoms. The molecule has 2 N–H and O–H groups in total. The van der Waals surface area contributed by atoms with Gasteiger partial charge in [0, 0.05) is 13.1 Å². The summed E-state index contributed by atoms with van der Waals surface area (Å²) in [7, 11) is 1.87. The second-order valence-corrected chi connectivity index (χ2v) is 5.32. The first-order valence-corrected chi connectivity index (χ1v) is 6.65. The van der Waals surface area contributed by atoms with Crippen molar-refractivity contribution >= 4 is 5.91 Å². The van der Waals surface area contributed by atoms with Crippen LogP contribution < -0.4 is 5.73 Å². The first-order chi connectivity index (χ1) is 8.59. The van der Waals surface area contributed by atoms with Gasteiger partial charge in [-0.15, -0.1) is 0 Å². The van der Waals surface area contributed by atoms with Crippen LogP contribution in [0.3, 0.4) is 0 Å². The van der Waals surface area contributed by atoms with Gasteiger partial charge in [-0.25, -0.2) is 0 Å². The molecule has 0 heterocycles. The van der Waals surface area contributed by atoms with Crippen LogP contribution >= 0.6 is 0 Å². The van der Waals surface area contributed by atoms with Crippen LogP contribution in [-0.4, -0.2) is 29.9 Å². The van der Waals surface area contributed by atoms with Crippen molar-refractivity contribution in [2.75, 3.05) is 7.05 Å². The molecule has 1 aromatic rings. The Bertz CT molecular complexity index is 400. The highest BCUT2D eigenvalue weighted by atomic mass is 16.2. The molecule has 0 aromatic heterocycles. The number of hydrogen-bond donors (Lipinski definition) is 1. The molecule has 1 fully saturated rings. The summed E-state index contributed by atoms with van der Waals surface area (Å²) in [5.74, 6) is 0.737. The van der Waals surface area contributed by atoms with Gasteiger partial charge in [0.25, 0.3) is 0 Å². The first kappa shape index (κ1) is 13.1. The summed E-state index contributed by atoms with van der Waals surface area (Å²) >= 11 is 0. The number of likely N-dealkylation sites (N-methyl/N-ethyl adjacent to an activating group) is 1. The van der Waals surface area contributed by atoms with Crippen molar-refractivity contribution < 1.29 is 4.79 Å². The zero-order valence-electron chi connectivity index (χ0n) is 11.2. The van der Waals surface area contributed by atoms with Gasteiger partial charge >= 0.3 is 0 Å². The maximum atomic E-state index is 12.2. The number of benzene rings is 1. The van der Waals surface area contributed by atoms with E-state index in [2.05, 4.69) is 6.92 Å². The van der Waals surface area contributed by atoms with Gasteiger partial charge in [0.15, 0.2) is 0 Å². The molecule has 98 valence electrons. The average molecular weight is 246 g/mol. The zero-order chi connectivity index (χ0) is 13.1. The van der Waals surface area contributed by atoms with Crippen LogP contribution in [0.4, 0.5) is 0 Å². The van der Waals surface area contributed by atoms with E-state index in [1.54, 1.807) is 0 Å². The van der Waals surface area contributed by atoms with Crippen molar-refractivity contribution in [2.24, 2.45) is 11.7 Å². The van der Waals surface area contributed by atoms with E-state index in [9.17, 15) is 4.79 Å². The van der Waals surface area contributed by atoms with Gasteiger partial charge in [-0.3, -0.25) is 4.79 Å². The number of carbonyl (C=O) groups is 1.